The summed E-state index contributed by atoms with van der Waals surface area (Å²) in [6, 6.07) is 0.938. The molecule has 0 aliphatic heterocycles. The second kappa shape index (κ2) is 7.85. The van der Waals surface area contributed by atoms with Gasteiger partial charge < -0.3 is 15.0 Å². The fraction of sp³-hybridized carbons (Fsp3) is 0.933. The van der Waals surface area contributed by atoms with E-state index in [4.69, 9.17) is 4.74 Å². The van der Waals surface area contributed by atoms with Crippen molar-refractivity contribution in [2.24, 2.45) is 5.92 Å². The van der Waals surface area contributed by atoms with Crippen molar-refractivity contribution in [1.29, 1.82) is 0 Å². The number of hydrogen-bond donors (Lipinski definition) is 1. The Labute approximate surface area is 117 Å². The second-order valence-corrected chi connectivity index (χ2v) is 6.26. The van der Waals surface area contributed by atoms with E-state index in [2.05, 4.69) is 38.0 Å². The van der Waals surface area contributed by atoms with Gasteiger partial charge in [-0.3, -0.25) is 4.79 Å². The number of methoxy groups -OCH3 is 1. The predicted octanol–water partition coefficient (Wildman–Crippen LogP) is 2.04. The quantitative estimate of drug-likeness (QED) is 0.651. The van der Waals surface area contributed by atoms with Crippen molar-refractivity contribution >= 4 is 5.97 Å². The molecule has 19 heavy (non-hydrogen) atoms. The molecule has 0 bridgehead atoms. The first kappa shape index (κ1) is 16.4. The van der Waals surface area contributed by atoms with Gasteiger partial charge in [0.15, 0.2) is 0 Å². The largest absolute Gasteiger partial charge is 0.468 e. The lowest BCUT2D eigenvalue weighted by Gasteiger charge is -2.27. The SMILES string of the molecule is COC(=O)C(CCN(C)C(C)CC(C)C)NC1CC1. The van der Waals surface area contributed by atoms with Crippen molar-refractivity contribution < 1.29 is 9.53 Å². The van der Waals surface area contributed by atoms with Crippen molar-refractivity contribution in [2.75, 3.05) is 20.7 Å². The van der Waals surface area contributed by atoms with Gasteiger partial charge in [-0.05, 0) is 45.6 Å². The molecule has 1 N–H and O–H groups in total. The Bertz CT molecular complexity index is 277. The molecular weight excluding hydrogens is 240 g/mol. The van der Waals surface area contributed by atoms with Crippen molar-refractivity contribution in [1.82, 2.24) is 10.2 Å². The third-order valence-corrected chi connectivity index (χ3v) is 3.84. The summed E-state index contributed by atoms with van der Waals surface area (Å²) in [6.45, 7) is 7.67. The van der Waals surface area contributed by atoms with E-state index in [1.165, 1.54) is 26.4 Å². The van der Waals surface area contributed by atoms with Gasteiger partial charge in [0.2, 0.25) is 0 Å². The molecule has 0 radical (unpaired) electrons. The highest BCUT2D eigenvalue weighted by Crippen LogP contribution is 2.20. The Hall–Kier alpha value is -0.610. The van der Waals surface area contributed by atoms with E-state index < -0.39 is 0 Å². The van der Waals surface area contributed by atoms with E-state index >= 15 is 0 Å². The van der Waals surface area contributed by atoms with Gasteiger partial charge in [0.1, 0.15) is 6.04 Å². The molecule has 0 amide bonds. The van der Waals surface area contributed by atoms with Crippen LogP contribution in [0.25, 0.3) is 0 Å². The van der Waals surface area contributed by atoms with Gasteiger partial charge in [-0.1, -0.05) is 13.8 Å². The summed E-state index contributed by atoms with van der Waals surface area (Å²) in [7, 11) is 3.60. The lowest BCUT2D eigenvalue weighted by atomic mass is 10.0. The maximum absolute atomic E-state index is 11.7. The number of carbonyl (C=O) groups excluding carboxylic acids is 1. The maximum atomic E-state index is 11.7. The molecule has 1 saturated carbocycles. The Kier molecular flexibility index (Phi) is 6.80. The van der Waals surface area contributed by atoms with E-state index in [0.29, 0.717) is 18.0 Å². The minimum Gasteiger partial charge on any atom is -0.468 e. The van der Waals surface area contributed by atoms with Crippen LogP contribution < -0.4 is 5.32 Å². The molecule has 0 aromatic heterocycles. The third kappa shape index (κ3) is 6.39. The summed E-state index contributed by atoms with van der Waals surface area (Å²) >= 11 is 0. The highest BCUT2D eigenvalue weighted by Gasteiger charge is 2.29. The fourth-order valence-electron chi connectivity index (χ4n) is 2.36. The topological polar surface area (TPSA) is 41.6 Å². The molecule has 1 aliphatic rings. The Morgan fingerprint density at radius 2 is 2.00 bits per heavy atom. The average molecular weight is 270 g/mol. The van der Waals surface area contributed by atoms with Crippen LogP contribution in [0, 0.1) is 5.92 Å². The number of nitrogens with zero attached hydrogens (tertiary/aromatic N) is 1. The number of hydrogen-bond acceptors (Lipinski definition) is 4. The van der Waals surface area contributed by atoms with Crippen molar-refractivity contribution in [3.05, 3.63) is 0 Å². The monoisotopic (exact) mass is 270 g/mol. The van der Waals surface area contributed by atoms with Crippen LogP contribution in [0.5, 0.6) is 0 Å². The van der Waals surface area contributed by atoms with Crippen LogP contribution in [0.15, 0.2) is 0 Å². The molecule has 2 atom stereocenters. The number of rotatable bonds is 9. The summed E-state index contributed by atoms with van der Waals surface area (Å²) in [4.78, 5) is 14.1. The van der Waals surface area contributed by atoms with Crippen LogP contribution >= 0.6 is 0 Å². The Morgan fingerprint density at radius 3 is 2.47 bits per heavy atom. The van der Waals surface area contributed by atoms with E-state index in [0.717, 1.165) is 13.0 Å². The van der Waals surface area contributed by atoms with E-state index in [1.54, 1.807) is 0 Å². The summed E-state index contributed by atoms with van der Waals surface area (Å²) in [5.41, 5.74) is 0. The molecule has 0 heterocycles. The first-order valence-corrected chi connectivity index (χ1v) is 7.48. The fourth-order valence-corrected chi connectivity index (χ4v) is 2.36. The van der Waals surface area contributed by atoms with Gasteiger partial charge >= 0.3 is 5.97 Å². The summed E-state index contributed by atoms with van der Waals surface area (Å²) < 4.78 is 4.88. The zero-order valence-corrected chi connectivity index (χ0v) is 13.1. The minimum absolute atomic E-state index is 0.128. The van der Waals surface area contributed by atoms with Gasteiger partial charge in [-0.25, -0.2) is 0 Å². The standard InChI is InChI=1S/C15H30N2O2/c1-11(2)10-12(3)17(4)9-8-14(15(18)19-5)16-13-6-7-13/h11-14,16H,6-10H2,1-5H3. The maximum Gasteiger partial charge on any atom is 0.322 e. The molecule has 2 unspecified atom stereocenters. The summed E-state index contributed by atoms with van der Waals surface area (Å²) in [5, 5.41) is 3.38. The number of carbonyl (C=O) groups is 1. The Balaban J connectivity index is 2.34. The smallest absolute Gasteiger partial charge is 0.322 e. The van der Waals surface area contributed by atoms with E-state index in [9.17, 15) is 4.79 Å². The highest BCUT2D eigenvalue weighted by molar-refractivity contribution is 5.75. The molecule has 0 saturated heterocycles. The van der Waals surface area contributed by atoms with Crippen LogP contribution in [0.1, 0.15) is 46.5 Å². The van der Waals surface area contributed by atoms with Crippen LogP contribution in [0.4, 0.5) is 0 Å². The molecule has 4 heteroatoms. The zero-order valence-electron chi connectivity index (χ0n) is 13.1. The molecule has 4 nitrogen and oxygen atoms in total. The zero-order chi connectivity index (χ0) is 14.4. The highest BCUT2D eigenvalue weighted by atomic mass is 16.5. The third-order valence-electron chi connectivity index (χ3n) is 3.84. The molecule has 1 aliphatic carbocycles. The van der Waals surface area contributed by atoms with Crippen LogP contribution in [0.2, 0.25) is 0 Å². The second-order valence-electron chi connectivity index (χ2n) is 6.26. The Morgan fingerprint density at radius 1 is 1.37 bits per heavy atom. The predicted molar refractivity (Wildman–Crippen MR) is 78.1 cm³/mol. The van der Waals surface area contributed by atoms with Gasteiger partial charge in [-0.2, -0.15) is 0 Å². The normalized spacial score (nSPS) is 18.7. The van der Waals surface area contributed by atoms with Gasteiger partial charge in [0.05, 0.1) is 7.11 Å². The van der Waals surface area contributed by atoms with Crippen LogP contribution in [0.3, 0.4) is 0 Å². The van der Waals surface area contributed by atoms with Gasteiger partial charge in [0.25, 0.3) is 0 Å². The number of ether oxygens (including phenoxy) is 1. The first-order chi connectivity index (χ1) is 8.93. The molecule has 0 aromatic rings. The van der Waals surface area contributed by atoms with Crippen LogP contribution in [-0.2, 0) is 9.53 Å². The molecule has 0 aromatic carbocycles. The summed E-state index contributed by atoms with van der Waals surface area (Å²) in [6.07, 6.45) is 4.39. The van der Waals surface area contributed by atoms with Gasteiger partial charge in [-0.15, -0.1) is 0 Å². The van der Waals surface area contributed by atoms with Gasteiger partial charge in [0, 0.05) is 18.6 Å². The van der Waals surface area contributed by atoms with Crippen LogP contribution in [-0.4, -0.2) is 49.7 Å². The molecule has 1 rings (SSSR count). The lowest BCUT2D eigenvalue weighted by Crippen LogP contribution is -2.42. The molecule has 112 valence electrons. The minimum atomic E-state index is -0.147. The number of nitrogens with one attached hydrogen (secondary N) is 1. The molecule has 1 fully saturated rings. The summed E-state index contributed by atoms with van der Waals surface area (Å²) in [5.74, 6) is 0.579. The lowest BCUT2D eigenvalue weighted by molar-refractivity contribution is -0.143. The van der Waals surface area contributed by atoms with Crippen molar-refractivity contribution in [3.63, 3.8) is 0 Å². The molecular formula is C15H30N2O2. The number of esters is 1. The van der Waals surface area contributed by atoms with E-state index in [-0.39, 0.29) is 12.0 Å². The average Bonchev–Trinajstić information content (AvgIpc) is 3.15. The molecule has 0 spiro atoms. The first-order valence-electron chi connectivity index (χ1n) is 7.48. The van der Waals surface area contributed by atoms with Crippen molar-refractivity contribution in [2.45, 2.75) is 64.6 Å². The van der Waals surface area contributed by atoms with E-state index in [1.807, 2.05) is 0 Å². The van der Waals surface area contributed by atoms with Crippen molar-refractivity contribution in [3.8, 4) is 0 Å².